The predicted molar refractivity (Wildman–Crippen MR) is 22.6 cm³/mol. The minimum absolute atomic E-state index is 0. The number of hydrogen-bond acceptors (Lipinski definition) is 5. The standard InChI is InChI=1S/C2H8NO4P.2K/c3-1-2-7-8(4,5)6;;/h1-3H2,(H2,4,5,6);;/q;2*+1/p-2. The first kappa shape index (κ1) is 19.0. The quantitative estimate of drug-likeness (QED) is 0.374. The van der Waals surface area contributed by atoms with Crippen LogP contribution < -0.4 is 118 Å². The molecule has 10 heavy (non-hydrogen) atoms. The number of hydrogen-bond donors (Lipinski definition) is 1. The Labute approximate surface area is 145 Å². The Morgan fingerprint density at radius 2 is 1.80 bits per heavy atom. The number of nitrogens with two attached hydrogens (primary N) is 1. The summed E-state index contributed by atoms with van der Waals surface area (Å²) in [4.78, 5) is 19.2. The van der Waals surface area contributed by atoms with Crippen LogP contribution in [-0.2, 0) is 9.09 Å². The van der Waals surface area contributed by atoms with Crippen molar-refractivity contribution in [2.24, 2.45) is 5.73 Å². The van der Waals surface area contributed by atoms with E-state index in [0.29, 0.717) is 0 Å². The van der Waals surface area contributed by atoms with E-state index < -0.39 is 7.82 Å². The van der Waals surface area contributed by atoms with Crippen molar-refractivity contribution in [1.82, 2.24) is 0 Å². The van der Waals surface area contributed by atoms with Crippen LogP contribution >= 0.6 is 7.82 Å². The van der Waals surface area contributed by atoms with Gasteiger partial charge in [0, 0.05) is 6.54 Å². The van der Waals surface area contributed by atoms with Gasteiger partial charge in [0.25, 0.3) is 0 Å². The Morgan fingerprint density at radius 3 is 1.90 bits per heavy atom. The molecule has 50 valence electrons. The van der Waals surface area contributed by atoms with E-state index in [1.807, 2.05) is 0 Å². The van der Waals surface area contributed by atoms with E-state index >= 15 is 0 Å². The molecule has 0 radical (unpaired) electrons. The SMILES string of the molecule is NCCOP(=O)([O-])[O-].[K+].[K+]. The van der Waals surface area contributed by atoms with Gasteiger partial charge in [-0.05, 0) is 0 Å². The summed E-state index contributed by atoms with van der Waals surface area (Å²) in [5, 5.41) is 0. The van der Waals surface area contributed by atoms with Crippen LogP contribution in [0.3, 0.4) is 0 Å². The van der Waals surface area contributed by atoms with Gasteiger partial charge >= 0.3 is 103 Å². The first-order chi connectivity index (χ1) is 3.56. The maximum atomic E-state index is 9.58. The molecule has 0 aliphatic rings. The Morgan fingerprint density at radius 1 is 1.40 bits per heavy atom. The van der Waals surface area contributed by atoms with Gasteiger partial charge in [-0.15, -0.1) is 0 Å². The second-order valence-electron chi connectivity index (χ2n) is 1.07. The average molecular weight is 217 g/mol. The van der Waals surface area contributed by atoms with Crippen molar-refractivity contribution in [2.45, 2.75) is 0 Å². The third-order valence-electron chi connectivity index (χ3n) is 0.367. The molecule has 0 rings (SSSR count). The molecule has 0 bridgehead atoms. The molecule has 8 heteroatoms. The molecule has 0 saturated carbocycles. The van der Waals surface area contributed by atoms with Crippen molar-refractivity contribution in [2.75, 3.05) is 13.2 Å². The third kappa shape index (κ3) is 17.4. The van der Waals surface area contributed by atoms with Crippen LogP contribution in [0.2, 0.25) is 0 Å². The van der Waals surface area contributed by atoms with E-state index in [1.165, 1.54) is 0 Å². The van der Waals surface area contributed by atoms with Gasteiger partial charge in [-0.25, -0.2) is 0 Å². The van der Waals surface area contributed by atoms with E-state index in [-0.39, 0.29) is 116 Å². The summed E-state index contributed by atoms with van der Waals surface area (Å²) in [6.07, 6.45) is 0. The molecule has 0 atom stereocenters. The molecule has 0 heterocycles. The summed E-state index contributed by atoms with van der Waals surface area (Å²) >= 11 is 0. The molecule has 0 unspecified atom stereocenters. The fourth-order valence-electron chi connectivity index (χ4n) is 0.165. The van der Waals surface area contributed by atoms with Crippen LogP contribution in [0.15, 0.2) is 0 Å². The van der Waals surface area contributed by atoms with E-state index in [4.69, 9.17) is 5.73 Å². The van der Waals surface area contributed by atoms with Crippen molar-refractivity contribution < 1.29 is 122 Å². The first-order valence-electron chi connectivity index (χ1n) is 1.93. The van der Waals surface area contributed by atoms with Crippen molar-refractivity contribution in [3.05, 3.63) is 0 Å². The first-order valence-corrected chi connectivity index (χ1v) is 3.39. The summed E-state index contributed by atoms with van der Waals surface area (Å²) < 4.78 is 13.3. The number of rotatable bonds is 3. The second-order valence-corrected chi connectivity index (χ2v) is 2.22. The minimum atomic E-state index is -4.76. The Balaban J connectivity index is -0.000000245. The zero-order chi connectivity index (χ0) is 6.62. The Kier molecular flexibility index (Phi) is 19.8. The monoisotopic (exact) mass is 217 g/mol. The molecule has 0 aliphatic carbocycles. The summed E-state index contributed by atoms with van der Waals surface area (Å²) in [6, 6.07) is 0. The van der Waals surface area contributed by atoms with Crippen LogP contribution in [0.1, 0.15) is 0 Å². The molecule has 0 fully saturated rings. The zero-order valence-corrected chi connectivity index (χ0v) is 13.2. The van der Waals surface area contributed by atoms with Gasteiger partial charge in [-0.2, -0.15) is 0 Å². The van der Waals surface area contributed by atoms with E-state index in [0.717, 1.165) is 0 Å². The topological polar surface area (TPSA) is 98.4 Å². The molecule has 0 aliphatic heterocycles. The van der Waals surface area contributed by atoms with Gasteiger partial charge in [0.15, 0.2) is 0 Å². The molecule has 5 nitrogen and oxygen atoms in total. The largest absolute Gasteiger partial charge is 1.00 e. The summed E-state index contributed by atoms with van der Waals surface area (Å²) in [7, 11) is -4.76. The Bertz CT molecular complexity index is 105. The van der Waals surface area contributed by atoms with Crippen LogP contribution in [0, 0.1) is 0 Å². The summed E-state index contributed by atoms with van der Waals surface area (Å²) in [6.45, 7) is -0.196. The maximum Gasteiger partial charge on any atom is 1.00 e. The van der Waals surface area contributed by atoms with Crippen molar-refractivity contribution >= 4 is 7.82 Å². The maximum absolute atomic E-state index is 9.58. The molecule has 0 saturated heterocycles. The van der Waals surface area contributed by atoms with E-state index in [2.05, 4.69) is 4.52 Å². The van der Waals surface area contributed by atoms with E-state index in [1.54, 1.807) is 0 Å². The zero-order valence-electron chi connectivity index (χ0n) is 6.07. The number of phosphoric ester groups is 1. The molecule has 0 amide bonds. The van der Waals surface area contributed by atoms with Crippen molar-refractivity contribution in [3.8, 4) is 0 Å². The minimum Gasteiger partial charge on any atom is -0.790 e. The van der Waals surface area contributed by atoms with Gasteiger partial charge in [-0.3, -0.25) is 0 Å². The average Bonchev–Trinajstić information content (AvgIpc) is 1.59. The fraction of sp³-hybridized carbons (Fsp3) is 1.00. The summed E-state index contributed by atoms with van der Waals surface area (Å²) in [5.74, 6) is 0. The van der Waals surface area contributed by atoms with Gasteiger partial charge in [-0.1, -0.05) is 0 Å². The summed E-state index contributed by atoms with van der Waals surface area (Å²) in [5.41, 5.74) is 4.81. The number of phosphoric acid groups is 1. The van der Waals surface area contributed by atoms with Crippen LogP contribution in [0.5, 0.6) is 0 Å². The Hall–Kier alpha value is 3.34. The van der Waals surface area contributed by atoms with Crippen LogP contribution in [-0.4, -0.2) is 13.2 Å². The van der Waals surface area contributed by atoms with Crippen LogP contribution in [0.25, 0.3) is 0 Å². The van der Waals surface area contributed by atoms with Gasteiger partial charge < -0.3 is 24.6 Å². The fourth-order valence-corrected chi connectivity index (χ4v) is 0.494. The molecule has 0 aromatic carbocycles. The van der Waals surface area contributed by atoms with Gasteiger partial charge in [0.05, 0.1) is 14.4 Å². The van der Waals surface area contributed by atoms with Crippen molar-refractivity contribution in [3.63, 3.8) is 0 Å². The van der Waals surface area contributed by atoms with Gasteiger partial charge in [0.2, 0.25) is 0 Å². The molecule has 0 aromatic rings. The molecule has 2 N–H and O–H groups in total. The third-order valence-corrected chi connectivity index (χ3v) is 0.866. The molecule has 0 aromatic heterocycles. The van der Waals surface area contributed by atoms with Gasteiger partial charge in [0.1, 0.15) is 0 Å². The second kappa shape index (κ2) is 10.4. The smallest absolute Gasteiger partial charge is 0.790 e. The molecular formula is C2H6K2NO4P. The van der Waals surface area contributed by atoms with Crippen molar-refractivity contribution in [1.29, 1.82) is 0 Å². The normalized spacial score (nSPS) is 9.50. The predicted octanol–water partition coefficient (Wildman–Crippen LogP) is -8.20. The molecular weight excluding hydrogens is 211 g/mol. The van der Waals surface area contributed by atoms with Crippen LogP contribution in [0.4, 0.5) is 0 Å². The van der Waals surface area contributed by atoms with E-state index in [9.17, 15) is 14.4 Å². The molecule has 0 spiro atoms.